The van der Waals surface area contributed by atoms with E-state index in [0.717, 1.165) is 66.4 Å². The number of nitriles is 2. The van der Waals surface area contributed by atoms with Crippen LogP contribution >= 0.6 is 0 Å². The number of hydrogen-bond donors (Lipinski definition) is 0. The summed E-state index contributed by atoms with van der Waals surface area (Å²) in [5.41, 5.74) is 14.1. The molecule has 6 heteroatoms. The van der Waals surface area contributed by atoms with Gasteiger partial charge >= 0.3 is 0 Å². The Labute approximate surface area is 354 Å². The molecule has 0 bridgehead atoms. The van der Waals surface area contributed by atoms with Gasteiger partial charge in [0.25, 0.3) is 0 Å². The highest BCUT2D eigenvalue weighted by Crippen LogP contribution is 2.45. The molecule has 2 heterocycles. The summed E-state index contributed by atoms with van der Waals surface area (Å²) < 4.78 is 2.30. The fraction of sp³-hybridized carbons (Fsp3) is 0.0364. The van der Waals surface area contributed by atoms with Crippen molar-refractivity contribution in [2.24, 2.45) is 0 Å². The Morgan fingerprint density at radius 3 is 1.48 bits per heavy atom. The molecular weight excluding hydrogens is 745 g/mol. The number of para-hydroxylation sites is 1. The molecule has 0 aliphatic heterocycles. The van der Waals surface area contributed by atoms with Crippen molar-refractivity contribution in [3.05, 3.63) is 204 Å². The zero-order chi connectivity index (χ0) is 41.5. The summed E-state index contributed by atoms with van der Waals surface area (Å²) in [6, 6.07) is 66.0. The largest absolute Gasteiger partial charge is 0.308 e. The predicted octanol–water partition coefficient (Wildman–Crippen LogP) is 13.3. The standard InChI is InChI=1S/C55H36N6/c1-35-25-27-43(36(2)29-35)39-26-28-51-47(30-39)46-23-13-14-24-50(46)61(51)52-48(44-21-11-9-19-40(44)33-56)31-42(32-49(52)45-22-12-10-20-41(45)34-57)55-59-53(37-15-5-3-6-16-37)58-54(60-55)38-17-7-4-8-18-38/h3-32H,1-2H3. The fourth-order valence-corrected chi connectivity index (χ4v) is 8.50. The molecule has 0 fully saturated rings. The van der Waals surface area contributed by atoms with Crippen LogP contribution in [0.4, 0.5) is 0 Å². The van der Waals surface area contributed by atoms with Crippen molar-refractivity contribution in [3.63, 3.8) is 0 Å². The molecule has 0 aliphatic rings. The van der Waals surface area contributed by atoms with Crippen LogP contribution in [0.15, 0.2) is 182 Å². The maximum absolute atomic E-state index is 10.7. The van der Waals surface area contributed by atoms with Crippen LogP contribution in [-0.2, 0) is 0 Å². The number of fused-ring (bicyclic) bond motifs is 3. The second-order valence-electron chi connectivity index (χ2n) is 15.2. The van der Waals surface area contributed by atoms with Crippen LogP contribution in [0.5, 0.6) is 0 Å². The maximum atomic E-state index is 10.7. The van der Waals surface area contributed by atoms with E-state index in [2.05, 4.69) is 103 Å². The van der Waals surface area contributed by atoms with Crippen LogP contribution in [0.1, 0.15) is 22.3 Å². The number of hydrogen-bond acceptors (Lipinski definition) is 5. The summed E-state index contributed by atoms with van der Waals surface area (Å²) in [5, 5.41) is 23.5. The van der Waals surface area contributed by atoms with Gasteiger partial charge in [0.2, 0.25) is 0 Å². The van der Waals surface area contributed by atoms with Gasteiger partial charge in [-0.2, -0.15) is 10.5 Å². The lowest BCUT2D eigenvalue weighted by Gasteiger charge is -2.22. The van der Waals surface area contributed by atoms with E-state index in [4.69, 9.17) is 15.0 Å². The Kier molecular flexibility index (Phi) is 9.29. The van der Waals surface area contributed by atoms with Crippen molar-refractivity contribution in [1.29, 1.82) is 10.5 Å². The minimum absolute atomic E-state index is 0.464. The van der Waals surface area contributed by atoms with E-state index >= 15 is 0 Å². The number of benzene rings is 8. The molecule has 10 rings (SSSR count). The van der Waals surface area contributed by atoms with Gasteiger partial charge < -0.3 is 4.57 Å². The van der Waals surface area contributed by atoms with Gasteiger partial charge in [0.05, 0.1) is 40.0 Å². The highest BCUT2D eigenvalue weighted by atomic mass is 15.0. The van der Waals surface area contributed by atoms with Crippen molar-refractivity contribution < 1.29 is 0 Å². The molecule has 0 spiro atoms. The highest BCUT2D eigenvalue weighted by molar-refractivity contribution is 6.12. The summed E-state index contributed by atoms with van der Waals surface area (Å²) in [7, 11) is 0. The zero-order valence-corrected chi connectivity index (χ0v) is 33.5. The Morgan fingerprint density at radius 2 is 0.902 bits per heavy atom. The van der Waals surface area contributed by atoms with E-state index in [0.29, 0.717) is 34.2 Å². The van der Waals surface area contributed by atoms with Crippen LogP contribution < -0.4 is 0 Å². The van der Waals surface area contributed by atoms with Crippen molar-refractivity contribution in [1.82, 2.24) is 19.5 Å². The molecule has 61 heavy (non-hydrogen) atoms. The van der Waals surface area contributed by atoms with E-state index < -0.39 is 0 Å². The molecule has 0 saturated heterocycles. The Bertz CT molecular complexity index is 3270. The molecular formula is C55H36N6. The van der Waals surface area contributed by atoms with Crippen LogP contribution in [0.25, 0.3) is 95.0 Å². The first-order valence-electron chi connectivity index (χ1n) is 20.1. The SMILES string of the molecule is Cc1ccc(-c2ccc3c(c2)c2ccccc2n3-c2c(-c3ccccc3C#N)cc(-c3nc(-c4ccccc4)nc(-c4ccccc4)n3)cc2-c2ccccc2C#N)c(C)c1. The van der Waals surface area contributed by atoms with Gasteiger partial charge in [-0.15, -0.1) is 0 Å². The highest BCUT2D eigenvalue weighted by Gasteiger charge is 2.25. The van der Waals surface area contributed by atoms with Gasteiger partial charge in [0, 0.05) is 49.7 Å². The summed E-state index contributed by atoms with van der Waals surface area (Å²) in [6.07, 6.45) is 0. The lowest BCUT2D eigenvalue weighted by molar-refractivity contribution is 1.07. The van der Waals surface area contributed by atoms with Gasteiger partial charge in [-0.3, -0.25) is 0 Å². The van der Waals surface area contributed by atoms with E-state index in [9.17, 15) is 10.5 Å². The maximum Gasteiger partial charge on any atom is 0.164 e. The van der Waals surface area contributed by atoms with Gasteiger partial charge in [-0.1, -0.05) is 145 Å². The van der Waals surface area contributed by atoms with E-state index in [-0.39, 0.29) is 0 Å². The molecule has 8 aromatic carbocycles. The molecule has 0 N–H and O–H groups in total. The third-order valence-corrected chi connectivity index (χ3v) is 11.3. The van der Waals surface area contributed by atoms with Gasteiger partial charge in [-0.25, -0.2) is 15.0 Å². The average Bonchev–Trinajstić information content (AvgIpc) is 3.64. The number of aryl methyl sites for hydroxylation is 2. The Balaban J connectivity index is 1.34. The van der Waals surface area contributed by atoms with Gasteiger partial charge in [-0.05, 0) is 73.0 Å². The average molecular weight is 781 g/mol. The molecule has 2 aromatic heterocycles. The normalized spacial score (nSPS) is 11.1. The van der Waals surface area contributed by atoms with Gasteiger partial charge in [0.15, 0.2) is 17.5 Å². The number of rotatable bonds is 7. The lowest BCUT2D eigenvalue weighted by Crippen LogP contribution is -2.05. The van der Waals surface area contributed by atoms with Crippen molar-refractivity contribution in [3.8, 4) is 85.4 Å². The summed E-state index contributed by atoms with van der Waals surface area (Å²) in [4.78, 5) is 15.2. The van der Waals surface area contributed by atoms with E-state index in [1.807, 2.05) is 109 Å². The second-order valence-corrected chi connectivity index (χ2v) is 15.2. The third-order valence-electron chi connectivity index (χ3n) is 11.3. The monoisotopic (exact) mass is 780 g/mol. The van der Waals surface area contributed by atoms with Crippen LogP contribution in [0.3, 0.4) is 0 Å². The molecule has 0 saturated carbocycles. The first-order chi connectivity index (χ1) is 30.0. The zero-order valence-electron chi connectivity index (χ0n) is 33.5. The molecule has 0 unspecified atom stereocenters. The topological polar surface area (TPSA) is 91.2 Å². The van der Waals surface area contributed by atoms with Crippen LogP contribution in [0, 0.1) is 36.5 Å². The van der Waals surface area contributed by atoms with Crippen molar-refractivity contribution in [2.45, 2.75) is 13.8 Å². The van der Waals surface area contributed by atoms with Gasteiger partial charge in [0.1, 0.15) is 0 Å². The Hall–Kier alpha value is -8.45. The first kappa shape index (κ1) is 36.9. The summed E-state index contributed by atoms with van der Waals surface area (Å²) >= 11 is 0. The predicted molar refractivity (Wildman–Crippen MR) is 246 cm³/mol. The smallest absolute Gasteiger partial charge is 0.164 e. The molecule has 0 aliphatic carbocycles. The van der Waals surface area contributed by atoms with Crippen LogP contribution in [-0.4, -0.2) is 19.5 Å². The first-order valence-corrected chi connectivity index (χ1v) is 20.1. The molecule has 0 radical (unpaired) electrons. The fourth-order valence-electron chi connectivity index (χ4n) is 8.50. The van der Waals surface area contributed by atoms with E-state index in [1.165, 1.54) is 16.7 Å². The molecule has 0 amide bonds. The lowest BCUT2D eigenvalue weighted by atomic mass is 9.89. The molecule has 10 aromatic rings. The number of nitrogens with zero attached hydrogens (tertiary/aromatic N) is 6. The molecule has 6 nitrogen and oxygen atoms in total. The molecule has 0 atom stereocenters. The quantitative estimate of drug-likeness (QED) is 0.161. The van der Waals surface area contributed by atoms with Crippen molar-refractivity contribution in [2.75, 3.05) is 0 Å². The second kappa shape index (κ2) is 15.4. The minimum atomic E-state index is 0.464. The Morgan fingerprint density at radius 1 is 0.393 bits per heavy atom. The summed E-state index contributed by atoms with van der Waals surface area (Å²) in [5.74, 6) is 1.54. The minimum Gasteiger partial charge on any atom is -0.308 e. The van der Waals surface area contributed by atoms with E-state index in [1.54, 1.807) is 0 Å². The summed E-state index contributed by atoms with van der Waals surface area (Å²) in [6.45, 7) is 4.28. The van der Waals surface area contributed by atoms with Crippen molar-refractivity contribution >= 4 is 21.8 Å². The number of aromatic nitrogens is 4. The molecule has 286 valence electrons. The third kappa shape index (κ3) is 6.59. The van der Waals surface area contributed by atoms with Crippen LogP contribution in [0.2, 0.25) is 0 Å².